The van der Waals surface area contributed by atoms with E-state index in [1.807, 2.05) is 6.07 Å². The second kappa shape index (κ2) is 6.97. The number of amides is 1. The van der Waals surface area contributed by atoms with E-state index in [0.717, 1.165) is 0 Å². The molecule has 0 fully saturated rings. The Morgan fingerprint density at radius 2 is 2.39 bits per heavy atom. The summed E-state index contributed by atoms with van der Waals surface area (Å²) in [6, 6.07) is 5.96. The molecule has 1 amide bonds. The van der Waals surface area contributed by atoms with Crippen molar-refractivity contribution < 1.29 is 9.53 Å². The standard InChI is InChI=1S/C12H14ClN3O2/c1-18-5-4-11(15)12(17)16-9-3-2-8(7-14)10(13)6-9/h2-3,6,11H,4-5,15H2,1H3,(H,16,17). The van der Waals surface area contributed by atoms with E-state index in [1.165, 1.54) is 6.07 Å². The van der Waals surface area contributed by atoms with Crippen LogP contribution in [0, 0.1) is 11.3 Å². The summed E-state index contributed by atoms with van der Waals surface area (Å²) in [4.78, 5) is 11.7. The van der Waals surface area contributed by atoms with E-state index in [9.17, 15) is 4.79 Å². The number of carbonyl (C=O) groups is 1. The Balaban J connectivity index is 2.65. The van der Waals surface area contributed by atoms with Crippen LogP contribution in [-0.2, 0) is 9.53 Å². The van der Waals surface area contributed by atoms with Gasteiger partial charge in [-0.15, -0.1) is 0 Å². The van der Waals surface area contributed by atoms with Crippen molar-refractivity contribution in [2.24, 2.45) is 5.73 Å². The van der Waals surface area contributed by atoms with Gasteiger partial charge < -0.3 is 15.8 Å². The van der Waals surface area contributed by atoms with Crippen molar-refractivity contribution in [3.05, 3.63) is 28.8 Å². The molecular formula is C12H14ClN3O2. The van der Waals surface area contributed by atoms with Crippen LogP contribution in [0.25, 0.3) is 0 Å². The Kier molecular flexibility index (Phi) is 5.59. The fourth-order valence-electron chi connectivity index (χ4n) is 1.29. The molecule has 5 nitrogen and oxygen atoms in total. The molecule has 1 unspecified atom stereocenters. The second-order valence-electron chi connectivity index (χ2n) is 3.68. The number of nitrogens with two attached hydrogens (primary N) is 1. The normalized spacial score (nSPS) is 11.7. The van der Waals surface area contributed by atoms with Crippen molar-refractivity contribution >= 4 is 23.2 Å². The molecule has 1 aromatic rings. The van der Waals surface area contributed by atoms with Crippen LogP contribution in [0.4, 0.5) is 5.69 Å². The van der Waals surface area contributed by atoms with E-state index >= 15 is 0 Å². The number of methoxy groups -OCH3 is 1. The van der Waals surface area contributed by atoms with Gasteiger partial charge in [0.2, 0.25) is 5.91 Å². The Morgan fingerprint density at radius 1 is 1.67 bits per heavy atom. The summed E-state index contributed by atoms with van der Waals surface area (Å²) in [6.45, 7) is 0.419. The summed E-state index contributed by atoms with van der Waals surface area (Å²) in [5, 5.41) is 11.6. The first-order chi connectivity index (χ1) is 8.58. The zero-order chi connectivity index (χ0) is 13.5. The molecule has 0 spiro atoms. The van der Waals surface area contributed by atoms with E-state index in [1.54, 1.807) is 19.2 Å². The van der Waals surface area contributed by atoms with Gasteiger partial charge in [0.25, 0.3) is 0 Å². The third-order valence-corrected chi connectivity index (χ3v) is 2.64. The summed E-state index contributed by atoms with van der Waals surface area (Å²) in [7, 11) is 1.55. The number of nitrogens with one attached hydrogen (secondary N) is 1. The zero-order valence-corrected chi connectivity index (χ0v) is 10.7. The van der Waals surface area contributed by atoms with Crippen molar-refractivity contribution in [2.45, 2.75) is 12.5 Å². The first kappa shape index (κ1) is 14.5. The monoisotopic (exact) mass is 267 g/mol. The molecule has 3 N–H and O–H groups in total. The van der Waals surface area contributed by atoms with Crippen LogP contribution >= 0.6 is 11.6 Å². The minimum Gasteiger partial charge on any atom is -0.385 e. The first-order valence-electron chi connectivity index (χ1n) is 5.33. The molecule has 0 aliphatic heterocycles. The number of hydrogen-bond donors (Lipinski definition) is 2. The Bertz CT molecular complexity index is 471. The third-order valence-electron chi connectivity index (χ3n) is 2.33. The van der Waals surface area contributed by atoms with Gasteiger partial charge in [0.15, 0.2) is 0 Å². The lowest BCUT2D eigenvalue weighted by molar-refractivity contribution is -0.117. The SMILES string of the molecule is COCCC(N)C(=O)Nc1ccc(C#N)c(Cl)c1. The first-order valence-corrected chi connectivity index (χ1v) is 5.71. The molecule has 1 aromatic carbocycles. The summed E-state index contributed by atoms with van der Waals surface area (Å²) in [6.07, 6.45) is 0.437. The van der Waals surface area contributed by atoms with Crippen LogP contribution in [0.15, 0.2) is 18.2 Å². The molecule has 96 valence electrons. The molecule has 18 heavy (non-hydrogen) atoms. The number of hydrogen-bond acceptors (Lipinski definition) is 4. The number of nitriles is 1. The lowest BCUT2D eigenvalue weighted by Crippen LogP contribution is -2.36. The molecule has 1 rings (SSSR count). The highest BCUT2D eigenvalue weighted by Gasteiger charge is 2.13. The van der Waals surface area contributed by atoms with Gasteiger partial charge in [-0.25, -0.2) is 0 Å². The predicted octanol–water partition coefficient (Wildman–Crippen LogP) is 1.51. The highest BCUT2D eigenvalue weighted by molar-refractivity contribution is 6.32. The van der Waals surface area contributed by atoms with E-state index in [-0.39, 0.29) is 5.91 Å². The smallest absolute Gasteiger partial charge is 0.241 e. The predicted molar refractivity (Wildman–Crippen MR) is 69.3 cm³/mol. The summed E-state index contributed by atoms with van der Waals surface area (Å²) in [5.41, 5.74) is 6.54. The Hall–Kier alpha value is -1.61. The summed E-state index contributed by atoms with van der Waals surface area (Å²) >= 11 is 5.85. The maximum atomic E-state index is 11.7. The molecule has 0 aliphatic carbocycles. The van der Waals surface area contributed by atoms with Gasteiger partial charge >= 0.3 is 0 Å². The number of benzene rings is 1. The van der Waals surface area contributed by atoms with Crippen LogP contribution < -0.4 is 11.1 Å². The zero-order valence-electron chi connectivity index (χ0n) is 9.94. The largest absolute Gasteiger partial charge is 0.385 e. The maximum Gasteiger partial charge on any atom is 0.241 e. The third kappa shape index (κ3) is 4.00. The molecule has 0 aromatic heterocycles. The number of anilines is 1. The average Bonchev–Trinajstić information content (AvgIpc) is 2.36. The molecule has 0 aliphatic rings. The van der Waals surface area contributed by atoms with Crippen LogP contribution in [0.3, 0.4) is 0 Å². The molecule has 0 bridgehead atoms. The van der Waals surface area contributed by atoms with Gasteiger partial charge in [-0.1, -0.05) is 11.6 Å². The van der Waals surface area contributed by atoms with E-state index in [0.29, 0.717) is 29.3 Å². The van der Waals surface area contributed by atoms with E-state index in [4.69, 9.17) is 27.3 Å². The maximum absolute atomic E-state index is 11.7. The van der Waals surface area contributed by atoms with Gasteiger partial charge in [0.1, 0.15) is 6.07 Å². The highest BCUT2D eigenvalue weighted by Crippen LogP contribution is 2.20. The average molecular weight is 268 g/mol. The quantitative estimate of drug-likeness (QED) is 0.846. The topological polar surface area (TPSA) is 88.1 Å². The minimum atomic E-state index is -0.639. The van der Waals surface area contributed by atoms with Gasteiger partial charge in [-0.3, -0.25) is 4.79 Å². The molecule has 0 saturated heterocycles. The van der Waals surface area contributed by atoms with Gasteiger partial charge in [-0.2, -0.15) is 5.26 Å². The number of ether oxygens (including phenoxy) is 1. The minimum absolute atomic E-state index is 0.292. The molecule has 0 radical (unpaired) electrons. The lowest BCUT2D eigenvalue weighted by atomic mass is 10.2. The van der Waals surface area contributed by atoms with Crippen LogP contribution in [-0.4, -0.2) is 25.7 Å². The van der Waals surface area contributed by atoms with Gasteiger partial charge in [0, 0.05) is 19.4 Å². The molecular weight excluding hydrogens is 254 g/mol. The number of halogens is 1. The van der Waals surface area contributed by atoms with Gasteiger partial charge in [-0.05, 0) is 24.6 Å². The summed E-state index contributed by atoms with van der Waals surface area (Å²) < 4.78 is 4.85. The molecule has 1 atom stereocenters. The molecule has 6 heteroatoms. The van der Waals surface area contributed by atoms with Crippen molar-refractivity contribution in [2.75, 3.05) is 19.0 Å². The van der Waals surface area contributed by atoms with Crippen molar-refractivity contribution in [3.63, 3.8) is 0 Å². The van der Waals surface area contributed by atoms with Crippen molar-refractivity contribution in [1.29, 1.82) is 5.26 Å². The lowest BCUT2D eigenvalue weighted by Gasteiger charge is -2.12. The van der Waals surface area contributed by atoms with Crippen LogP contribution in [0.2, 0.25) is 5.02 Å². The van der Waals surface area contributed by atoms with E-state index < -0.39 is 6.04 Å². The Labute approximate surface area is 110 Å². The number of carbonyl (C=O) groups excluding carboxylic acids is 1. The summed E-state index contributed by atoms with van der Waals surface area (Å²) in [5.74, 6) is -0.312. The fraction of sp³-hybridized carbons (Fsp3) is 0.333. The van der Waals surface area contributed by atoms with Gasteiger partial charge in [0.05, 0.1) is 16.6 Å². The molecule has 0 saturated carbocycles. The van der Waals surface area contributed by atoms with Crippen molar-refractivity contribution in [1.82, 2.24) is 0 Å². The molecule has 0 heterocycles. The van der Waals surface area contributed by atoms with Crippen LogP contribution in [0.5, 0.6) is 0 Å². The number of nitrogens with zero attached hydrogens (tertiary/aromatic N) is 1. The Morgan fingerprint density at radius 3 is 2.94 bits per heavy atom. The fourth-order valence-corrected chi connectivity index (χ4v) is 1.52. The number of rotatable bonds is 5. The van der Waals surface area contributed by atoms with E-state index in [2.05, 4.69) is 5.32 Å². The highest BCUT2D eigenvalue weighted by atomic mass is 35.5. The van der Waals surface area contributed by atoms with Crippen molar-refractivity contribution in [3.8, 4) is 6.07 Å². The van der Waals surface area contributed by atoms with Crippen LogP contribution in [0.1, 0.15) is 12.0 Å². The second-order valence-corrected chi connectivity index (χ2v) is 4.09.